The fraction of sp³-hybridized carbons (Fsp3) is 0.250. The van der Waals surface area contributed by atoms with Crippen LogP contribution in [0, 0.1) is 5.82 Å². The molecule has 1 atom stereocenters. The smallest absolute Gasteiger partial charge is 0.124 e. The number of rotatable bonds is 5. The summed E-state index contributed by atoms with van der Waals surface area (Å²) in [4.78, 5) is 0. The van der Waals surface area contributed by atoms with Gasteiger partial charge in [0.2, 0.25) is 0 Å². The molecule has 0 saturated heterocycles. The van der Waals surface area contributed by atoms with Gasteiger partial charge in [-0.1, -0.05) is 36.7 Å². The molecule has 0 bridgehead atoms. The normalized spacial score (nSPS) is 12.3. The summed E-state index contributed by atoms with van der Waals surface area (Å²) in [5.41, 5.74) is 1.86. The monoisotopic (exact) mass is 293 g/mol. The molecule has 1 unspecified atom stereocenters. The fourth-order valence-electron chi connectivity index (χ4n) is 2.24. The predicted octanol–water partition coefficient (Wildman–Crippen LogP) is 4.08. The molecule has 20 heavy (non-hydrogen) atoms. The topological polar surface area (TPSA) is 32.3 Å². The summed E-state index contributed by atoms with van der Waals surface area (Å²) < 4.78 is 13.1. The summed E-state index contributed by atoms with van der Waals surface area (Å²) in [5.74, 6) is -0.102. The standard InChI is InChI=1S/C16H17ClFNO/c1-2-19-16(9-11-4-3-5-13(20)8-11)14-7-6-12(18)10-15(14)17/h3-8,10,16,19-20H,2,9H2,1H3. The number of hydrogen-bond donors (Lipinski definition) is 2. The summed E-state index contributed by atoms with van der Waals surface area (Å²) in [6.07, 6.45) is 0.674. The second kappa shape index (κ2) is 6.73. The molecule has 0 aliphatic heterocycles. The minimum Gasteiger partial charge on any atom is -0.508 e. The van der Waals surface area contributed by atoms with E-state index in [0.717, 1.165) is 17.7 Å². The molecule has 0 aromatic heterocycles. The highest BCUT2D eigenvalue weighted by Gasteiger charge is 2.15. The Morgan fingerprint density at radius 2 is 2.05 bits per heavy atom. The molecule has 2 nitrogen and oxygen atoms in total. The Hall–Kier alpha value is -1.58. The number of halogens is 2. The van der Waals surface area contributed by atoms with Gasteiger partial charge in [-0.2, -0.15) is 0 Å². The fourth-order valence-corrected chi connectivity index (χ4v) is 2.54. The first kappa shape index (κ1) is 14.8. The van der Waals surface area contributed by atoms with Gasteiger partial charge in [0, 0.05) is 11.1 Å². The number of benzene rings is 2. The van der Waals surface area contributed by atoms with Crippen molar-refractivity contribution in [2.45, 2.75) is 19.4 Å². The van der Waals surface area contributed by atoms with Crippen molar-refractivity contribution in [1.29, 1.82) is 0 Å². The van der Waals surface area contributed by atoms with Crippen LogP contribution >= 0.6 is 11.6 Å². The van der Waals surface area contributed by atoms with Crippen molar-refractivity contribution in [3.8, 4) is 5.75 Å². The first-order chi connectivity index (χ1) is 9.60. The van der Waals surface area contributed by atoms with Crippen molar-refractivity contribution in [2.75, 3.05) is 6.54 Å². The first-order valence-electron chi connectivity index (χ1n) is 6.56. The van der Waals surface area contributed by atoms with Crippen molar-refractivity contribution in [2.24, 2.45) is 0 Å². The predicted molar refractivity (Wildman–Crippen MR) is 79.6 cm³/mol. The molecule has 0 spiro atoms. The lowest BCUT2D eigenvalue weighted by Gasteiger charge is -2.20. The molecule has 0 radical (unpaired) electrons. The van der Waals surface area contributed by atoms with Crippen molar-refractivity contribution >= 4 is 11.6 Å². The Morgan fingerprint density at radius 3 is 2.70 bits per heavy atom. The van der Waals surface area contributed by atoms with Crippen LogP contribution in [-0.4, -0.2) is 11.7 Å². The van der Waals surface area contributed by atoms with Crippen molar-refractivity contribution in [3.05, 3.63) is 64.4 Å². The van der Waals surface area contributed by atoms with E-state index in [1.54, 1.807) is 24.3 Å². The zero-order valence-corrected chi connectivity index (χ0v) is 12.0. The molecule has 2 aromatic carbocycles. The van der Waals surface area contributed by atoms with Crippen LogP contribution in [0.5, 0.6) is 5.75 Å². The van der Waals surface area contributed by atoms with Crippen LogP contribution in [0.15, 0.2) is 42.5 Å². The zero-order chi connectivity index (χ0) is 14.5. The van der Waals surface area contributed by atoms with E-state index >= 15 is 0 Å². The molecule has 0 aliphatic rings. The molecule has 2 rings (SSSR count). The molecular formula is C16H17ClFNO. The average Bonchev–Trinajstić information content (AvgIpc) is 2.38. The van der Waals surface area contributed by atoms with Crippen LogP contribution in [0.1, 0.15) is 24.1 Å². The van der Waals surface area contributed by atoms with Crippen LogP contribution in [0.4, 0.5) is 4.39 Å². The highest BCUT2D eigenvalue weighted by Crippen LogP contribution is 2.27. The summed E-state index contributed by atoms with van der Waals surface area (Å²) in [6, 6.07) is 11.5. The van der Waals surface area contributed by atoms with E-state index < -0.39 is 0 Å². The van der Waals surface area contributed by atoms with Gasteiger partial charge in [-0.25, -0.2) is 4.39 Å². The van der Waals surface area contributed by atoms with E-state index in [4.69, 9.17) is 11.6 Å². The second-order valence-electron chi connectivity index (χ2n) is 4.65. The van der Waals surface area contributed by atoms with Crippen molar-refractivity contribution in [3.63, 3.8) is 0 Å². The summed E-state index contributed by atoms with van der Waals surface area (Å²) in [7, 11) is 0. The van der Waals surface area contributed by atoms with E-state index in [1.165, 1.54) is 12.1 Å². The van der Waals surface area contributed by atoms with Gasteiger partial charge in [0.15, 0.2) is 0 Å². The Bertz CT molecular complexity index is 588. The number of aromatic hydroxyl groups is 1. The Balaban J connectivity index is 2.26. The Labute approximate surface area is 123 Å². The highest BCUT2D eigenvalue weighted by molar-refractivity contribution is 6.31. The molecule has 4 heteroatoms. The van der Waals surface area contributed by atoms with Gasteiger partial charge in [-0.3, -0.25) is 0 Å². The quantitative estimate of drug-likeness (QED) is 0.871. The van der Waals surface area contributed by atoms with Crippen LogP contribution in [-0.2, 0) is 6.42 Å². The number of likely N-dealkylation sites (N-methyl/N-ethyl adjacent to an activating group) is 1. The van der Waals surface area contributed by atoms with Gasteiger partial charge < -0.3 is 10.4 Å². The molecule has 0 saturated carbocycles. The van der Waals surface area contributed by atoms with Crippen LogP contribution < -0.4 is 5.32 Å². The van der Waals surface area contributed by atoms with Crippen molar-refractivity contribution in [1.82, 2.24) is 5.32 Å². The second-order valence-corrected chi connectivity index (χ2v) is 5.06. The molecule has 106 valence electrons. The lowest BCUT2D eigenvalue weighted by Crippen LogP contribution is -2.23. The maximum atomic E-state index is 13.1. The lowest BCUT2D eigenvalue weighted by atomic mass is 9.98. The largest absolute Gasteiger partial charge is 0.508 e. The van der Waals surface area contributed by atoms with Crippen molar-refractivity contribution < 1.29 is 9.50 Å². The Kier molecular flexibility index (Phi) is 4.99. The van der Waals surface area contributed by atoms with Gasteiger partial charge in [0.05, 0.1) is 0 Å². The van der Waals surface area contributed by atoms with Gasteiger partial charge in [0.1, 0.15) is 11.6 Å². The summed E-state index contributed by atoms with van der Waals surface area (Å²) in [5, 5.41) is 13.3. The van der Waals surface area contributed by atoms with Gasteiger partial charge in [0.25, 0.3) is 0 Å². The minimum atomic E-state index is -0.341. The number of phenolic OH excluding ortho intramolecular Hbond substituents is 1. The van der Waals surface area contributed by atoms with Crippen LogP contribution in [0.3, 0.4) is 0 Å². The van der Waals surface area contributed by atoms with Crippen LogP contribution in [0.2, 0.25) is 5.02 Å². The number of phenols is 1. The van der Waals surface area contributed by atoms with E-state index in [9.17, 15) is 9.50 Å². The molecule has 0 aliphatic carbocycles. The third-order valence-corrected chi connectivity index (χ3v) is 3.47. The third-order valence-electron chi connectivity index (χ3n) is 3.14. The maximum absolute atomic E-state index is 13.1. The van der Waals surface area contributed by atoms with Gasteiger partial charge >= 0.3 is 0 Å². The minimum absolute atomic E-state index is 0.0186. The molecule has 0 heterocycles. The zero-order valence-electron chi connectivity index (χ0n) is 11.2. The van der Waals surface area contributed by atoms with Gasteiger partial charge in [-0.15, -0.1) is 0 Å². The SMILES string of the molecule is CCNC(Cc1cccc(O)c1)c1ccc(F)cc1Cl. The first-order valence-corrected chi connectivity index (χ1v) is 6.94. The summed E-state index contributed by atoms with van der Waals surface area (Å²) >= 11 is 6.13. The molecule has 2 aromatic rings. The summed E-state index contributed by atoms with van der Waals surface area (Å²) in [6.45, 7) is 2.78. The van der Waals surface area contributed by atoms with E-state index in [2.05, 4.69) is 5.32 Å². The van der Waals surface area contributed by atoms with E-state index in [0.29, 0.717) is 11.4 Å². The lowest BCUT2D eigenvalue weighted by molar-refractivity contribution is 0.473. The molecule has 2 N–H and O–H groups in total. The highest BCUT2D eigenvalue weighted by atomic mass is 35.5. The molecule has 0 amide bonds. The molecular weight excluding hydrogens is 277 g/mol. The Morgan fingerprint density at radius 1 is 1.25 bits per heavy atom. The third kappa shape index (κ3) is 3.71. The molecule has 0 fully saturated rings. The number of nitrogens with one attached hydrogen (secondary N) is 1. The van der Waals surface area contributed by atoms with Crippen LogP contribution in [0.25, 0.3) is 0 Å². The average molecular weight is 294 g/mol. The maximum Gasteiger partial charge on any atom is 0.124 e. The van der Waals surface area contributed by atoms with Gasteiger partial charge in [-0.05, 0) is 48.4 Å². The van der Waals surface area contributed by atoms with E-state index in [1.807, 2.05) is 13.0 Å². The number of hydrogen-bond acceptors (Lipinski definition) is 2. The van der Waals surface area contributed by atoms with E-state index in [-0.39, 0.29) is 17.6 Å².